The van der Waals surface area contributed by atoms with E-state index < -0.39 is 0 Å². The standard InChI is InChI=1S/C22H26FNO3/c1-15-3-4-17(12-19(15)23)11-18-9-10-24(14-18)22(26)8-6-16-5-7-21(27-2)20(25)13-16/h3-5,7,12-13,18,25H,6,8-11,14H2,1-2H3. The SMILES string of the molecule is COc1ccc(CCC(=O)N2CCC(Cc3ccc(C)c(F)c3)C2)cc1O. The number of aryl methyl sites for hydroxylation is 2. The Morgan fingerprint density at radius 1 is 1.26 bits per heavy atom. The molecule has 1 amide bonds. The van der Waals surface area contributed by atoms with Crippen LogP contribution in [0.1, 0.15) is 29.5 Å². The number of ether oxygens (including phenoxy) is 1. The zero-order valence-electron chi connectivity index (χ0n) is 15.9. The third-order valence-electron chi connectivity index (χ3n) is 5.27. The third kappa shape index (κ3) is 4.79. The van der Waals surface area contributed by atoms with E-state index in [1.54, 1.807) is 25.1 Å². The zero-order chi connectivity index (χ0) is 19.4. The second kappa shape index (κ2) is 8.42. The van der Waals surface area contributed by atoms with Crippen LogP contribution in [0.15, 0.2) is 36.4 Å². The van der Waals surface area contributed by atoms with Crippen LogP contribution >= 0.6 is 0 Å². The van der Waals surface area contributed by atoms with Gasteiger partial charge in [0.2, 0.25) is 5.91 Å². The fourth-order valence-corrected chi connectivity index (χ4v) is 3.62. The molecule has 1 saturated heterocycles. The number of amides is 1. The minimum atomic E-state index is -0.166. The van der Waals surface area contributed by atoms with Gasteiger partial charge in [0.05, 0.1) is 7.11 Å². The van der Waals surface area contributed by atoms with E-state index in [1.807, 2.05) is 23.1 Å². The number of methoxy groups -OCH3 is 1. The van der Waals surface area contributed by atoms with Crippen LogP contribution in [0.2, 0.25) is 0 Å². The molecular weight excluding hydrogens is 345 g/mol. The Labute approximate surface area is 159 Å². The largest absolute Gasteiger partial charge is 0.504 e. The van der Waals surface area contributed by atoms with Crippen molar-refractivity contribution in [1.29, 1.82) is 0 Å². The van der Waals surface area contributed by atoms with Crippen molar-refractivity contribution in [2.45, 2.75) is 32.6 Å². The number of likely N-dealkylation sites (tertiary alicyclic amines) is 1. The van der Waals surface area contributed by atoms with Crippen molar-refractivity contribution in [3.05, 3.63) is 58.9 Å². The highest BCUT2D eigenvalue weighted by atomic mass is 19.1. The summed E-state index contributed by atoms with van der Waals surface area (Å²) in [4.78, 5) is 14.4. The van der Waals surface area contributed by atoms with Crippen LogP contribution in [-0.4, -0.2) is 36.1 Å². The molecule has 1 fully saturated rings. The molecule has 0 spiro atoms. The van der Waals surface area contributed by atoms with Crippen LogP contribution < -0.4 is 4.74 Å². The first-order valence-electron chi connectivity index (χ1n) is 9.35. The van der Waals surface area contributed by atoms with Crippen LogP contribution in [0, 0.1) is 18.7 Å². The lowest BCUT2D eigenvalue weighted by molar-refractivity contribution is -0.130. The summed E-state index contributed by atoms with van der Waals surface area (Å²) in [5.41, 5.74) is 2.56. The van der Waals surface area contributed by atoms with Gasteiger partial charge in [-0.15, -0.1) is 0 Å². The molecule has 0 radical (unpaired) electrons. The van der Waals surface area contributed by atoms with Crippen molar-refractivity contribution >= 4 is 5.91 Å². The van der Waals surface area contributed by atoms with Crippen LogP contribution in [0.3, 0.4) is 0 Å². The molecule has 1 N–H and O–H groups in total. The number of benzene rings is 2. The minimum Gasteiger partial charge on any atom is -0.504 e. The number of halogens is 1. The molecule has 4 nitrogen and oxygen atoms in total. The molecule has 1 heterocycles. The first-order chi connectivity index (χ1) is 13.0. The summed E-state index contributed by atoms with van der Waals surface area (Å²) in [5, 5.41) is 9.83. The van der Waals surface area contributed by atoms with Gasteiger partial charge in [-0.05, 0) is 67.0 Å². The summed E-state index contributed by atoms with van der Waals surface area (Å²) in [7, 11) is 1.51. The Balaban J connectivity index is 1.50. The van der Waals surface area contributed by atoms with Crippen molar-refractivity contribution in [2.24, 2.45) is 5.92 Å². The van der Waals surface area contributed by atoms with E-state index in [9.17, 15) is 14.3 Å². The maximum Gasteiger partial charge on any atom is 0.222 e. The van der Waals surface area contributed by atoms with E-state index in [0.29, 0.717) is 30.1 Å². The van der Waals surface area contributed by atoms with E-state index >= 15 is 0 Å². The van der Waals surface area contributed by atoms with E-state index in [0.717, 1.165) is 37.1 Å². The molecule has 0 aromatic heterocycles. The van der Waals surface area contributed by atoms with Gasteiger partial charge in [-0.1, -0.05) is 18.2 Å². The quantitative estimate of drug-likeness (QED) is 0.839. The van der Waals surface area contributed by atoms with Gasteiger partial charge in [-0.2, -0.15) is 0 Å². The predicted octanol–water partition coefficient (Wildman–Crippen LogP) is 3.87. The number of phenols is 1. The highest BCUT2D eigenvalue weighted by molar-refractivity contribution is 5.76. The summed E-state index contributed by atoms with van der Waals surface area (Å²) in [6.45, 7) is 3.24. The summed E-state index contributed by atoms with van der Waals surface area (Å²) in [5.74, 6) is 0.860. The Morgan fingerprint density at radius 2 is 2.04 bits per heavy atom. The van der Waals surface area contributed by atoms with Crippen LogP contribution in [0.25, 0.3) is 0 Å². The average molecular weight is 371 g/mol. The van der Waals surface area contributed by atoms with Gasteiger partial charge < -0.3 is 14.7 Å². The second-order valence-corrected chi connectivity index (χ2v) is 7.29. The molecule has 27 heavy (non-hydrogen) atoms. The number of nitrogens with zero attached hydrogens (tertiary/aromatic N) is 1. The van der Waals surface area contributed by atoms with E-state index in [4.69, 9.17) is 4.74 Å². The van der Waals surface area contributed by atoms with Crippen molar-refractivity contribution in [3.63, 3.8) is 0 Å². The number of hydrogen-bond donors (Lipinski definition) is 1. The molecule has 1 unspecified atom stereocenters. The smallest absolute Gasteiger partial charge is 0.222 e. The Morgan fingerprint density at radius 3 is 2.74 bits per heavy atom. The van der Waals surface area contributed by atoms with Gasteiger partial charge in [-0.3, -0.25) is 4.79 Å². The lowest BCUT2D eigenvalue weighted by Crippen LogP contribution is -2.29. The molecule has 1 aliphatic rings. The summed E-state index contributed by atoms with van der Waals surface area (Å²) in [6, 6.07) is 10.6. The van der Waals surface area contributed by atoms with Gasteiger partial charge in [0.1, 0.15) is 5.82 Å². The van der Waals surface area contributed by atoms with E-state index in [2.05, 4.69) is 0 Å². The van der Waals surface area contributed by atoms with Gasteiger partial charge in [-0.25, -0.2) is 4.39 Å². The summed E-state index contributed by atoms with van der Waals surface area (Å²) < 4.78 is 18.7. The Hall–Kier alpha value is -2.56. The van der Waals surface area contributed by atoms with Gasteiger partial charge in [0.25, 0.3) is 0 Å². The molecule has 144 valence electrons. The second-order valence-electron chi connectivity index (χ2n) is 7.29. The first-order valence-corrected chi connectivity index (χ1v) is 9.35. The Bertz CT molecular complexity index is 821. The molecule has 2 aromatic rings. The number of rotatable bonds is 6. The lowest BCUT2D eigenvalue weighted by atomic mass is 9.98. The van der Waals surface area contributed by atoms with Crippen LogP contribution in [0.5, 0.6) is 11.5 Å². The van der Waals surface area contributed by atoms with Gasteiger partial charge >= 0.3 is 0 Å². The molecule has 0 aliphatic carbocycles. The molecule has 0 saturated carbocycles. The fourth-order valence-electron chi connectivity index (χ4n) is 3.62. The average Bonchev–Trinajstić information content (AvgIpc) is 3.11. The van der Waals surface area contributed by atoms with E-state index in [1.165, 1.54) is 7.11 Å². The van der Waals surface area contributed by atoms with Crippen molar-refractivity contribution < 1.29 is 19.0 Å². The van der Waals surface area contributed by atoms with E-state index in [-0.39, 0.29) is 17.5 Å². The van der Waals surface area contributed by atoms with Crippen molar-refractivity contribution in [1.82, 2.24) is 4.90 Å². The molecule has 1 atom stereocenters. The normalized spacial score (nSPS) is 16.6. The van der Waals surface area contributed by atoms with Crippen molar-refractivity contribution in [2.75, 3.05) is 20.2 Å². The highest BCUT2D eigenvalue weighted by Gasteiger charge is 2.26. The number of carbonyl (C=O) groups is 1. The van der Waals surface area contributed by atoms with Crippen molar-refractivity contribution in [3.8, 4) is 11.5 Å². The summed E-state index contributed by atoms with van der Waals surface area (Å²) in [6.07, 6.45) is 2.75. The monoisotopic (exact) mass is 371 g/mol. The van der Waals surface area contributed by atoms with Gasteiger partial charge in [0.15, 0.2) is 11.5 Å². The maximum absolute atomic E-state index is 13.7. The van der Waals surface area contributed by atoms with Crippen LogP contribution in [0.4, 0.5) is 4.39 Å². The maximum atomic E-state index is 13.7. The molecular formula is C22H26FNO3. The highest BCUT2D eigenvalue weighted by Crippen LogP contribution is 2.27. The Kier molecular flexibility index (Phi) is 5.99. The molecule has 2 aromatic carbocycles. The van der Waals surface area contributed by atoms with Crippen LogP contribution in [-0.2, 0) is 17.6 Å². The topological polar surface area (TPSA) is 49.8 Å². The summed E-state index contributed by atoms with van der Waals surface area (Å²) >= 11 is 0. The molecule has 1 aliphatic heterocycles. The first kappa shape index (κ1) is 19.2. The fraction of sp³-hybridized carbons (Fsp3) is 0.409. The lowest BCUT2D eigenvalue weighted by Gasteiger charge is -2.17. The number of phenolic OH excluding ortho intramolecular Hbond substituents is 1. The molecule has 0 bridgehead atoms. The third-order valence-corrected chi connectivity index (χ3v) is 5.27. The number of hydrogen-bond acceptors (Lipinski definition) is 3. The van der Waals surface area contributed by atoms with Gasteiger partial charge in [0, 0.05) is 19.5 Å². The predicted molar refractivity (Wildman–Crippen MR) is 103 cm³/mol. The molecule has 3 rings (SSSR count). The zero-order valence-corrected chi connectivity index (χ0v) is 15.9. The number of carbonyl (C=O) groups excluding carboxylic acids is 1. The molecule has 5 heteroatoms. The minimum absolute atomic E-state index is 0.0917. The number of aromatic hydroxyl groups is 1.